The van der Waals surface area contributed by atoms with Crippen LogP contribution in [0.25, 0.3) is 22.6 Å². The third-order valence-corrected chi connectivity index (χ3v) is 6.00. The van der Waals surface area contributed by atoms with Gasteiger partial charge in [0.1, 0.15) is 18.0 Å². The minimum Gasteiger partial charge on any atom is -0.402 e. The third-order valence-electron chi connectivity index (χ3n) is 6.00. The van der Waals surface area contributed by atoms with Gasteiger partial charge in [-0.3, -0.25) is 4.99 Å². The Kier molecular flexibility index (Phi) is 6.16. The molecule has 0 saturated heterocycles. The summed E-state index contributed by atoms with van der Waals surface area (Å²) in [5.74, 6) is 2.54. The van der Waals surface area contributed by atoms with Crippen molar-refractivity contribution in [2.24, 2.45) is 16.6 Å². The first kappa shape index (κ1) is 21.9. The maximum atomic E-state index is 6.44. The number of rotatable bonds is 5. The van der Waals surface area contributed by atoms with Crippen molar-refractivity contribution in [3.05, 3.63) is 35.8 Å². The molecule has 0 radical (unpaired) electrons. The van der Waals surface area contributed by atoms with Crippen molar-refractivity contribution < 1.29 is 0 Å². The fourth-order valence-corrected chi connectivity index (χ4v) is 4.19. The first-order valence-corrected chi connectivity index (χ1v) is 11.1. The molecule has 3 aromatic rings. The number of anilines is 1. The average molecular weight is 434 g/mol. The predicted octanol–water partition coefficient (Wildman–Crippen LogP) is 3.52. The smallest absolute Gasteiger partial charge is 0.165 e. The second kappa shape index (κ2) is 9.02. The van der Waals surface area contributed by atoms with E-state index in [4.69, 9.17) is 10.7 Å². The number of aliphatic imine (C=N–C) groups is 1. The Hall–Kier alpha value is -3.36. The molecule has 3 heterocycles. The van der Waals surface area contributed by atoms with E-state index in [1.165, 1.54) is 0 Å². The molecule has 1 unspecified atom stereocenters. The maximum Gasteiger partial charge on any atom is 0.165 e. The van der Waals surface area contributed by atoms with E-state index in [0.717, 1.165) is 77.0 Å². The van der Waals surface area contributed by atoms with E-state index in [1.54, 1.807) is 18.7 Å². The van der Waals surface area contributed by atoms with Crippen molar-refractivity contribution in [3.63, 3.8) is 0 Å². The monoisotopic (exact) mass is 433 g/mol. The predicted molar refractivity (Wildman–Crippen MR) is 127 cm³/mol. The minimum absolute atomic E-state index is 0.198. The number of allylic oxidation sites excluding steroid dienone is 1. The van der Waals surface area contributed by atoms with Crippen LogP contribution < -0.4 is 11.1 Å². The van der Waals surface area contributed by atoms with Crippen molar-refractivity contribution in [3.8, 4) is 11.4 Å². The summed E-state index contributed by atoms with van der Waals surface area (Å²) in [6.45, 7) is 8.91. The number of hydrogen-bond acceptors (Lipinski definition) is 8. The van der Waals surface area contributed by atoms with Crippen LogP contribution in [0.2, 0.25) is 0 Å². The Morgan fingerprint density at radius 2 is 2.00 bits per heavy atom. The summed E-state index contributed by atoms with van der Waals surface area (Å²) >= 11 is 0. The summed E-state index contributed by atoms with van der Waals surface area (Å²) in [7, 11) is 1.85. The van der Waals surface area contributed by atoms with Gasteiger partial charge >= 0.3 is 0 Å². The van der Waals surface area contributed by atoms with E-state index >= 15 is 0 Å². The number of nitrogens with zero attached hydrogens (tertiary/aromatic N) is 7. The molecule has 0 amide bonds. The molecule has 4 rings (SSSR count). The molecule has 3 aromatic heterocycles. The van der Waals surface area contributed by atoms with E-state index in [9.17, 15) is 0 Å². The van der Waals surface area contributed by atoms with Gasteiger partial charge in [-0.05, 0) is 44.6 Å². The molecule has 0 spiro atoms. The van der Waals surface area contributed by atoms with Crippen LogP contribution in [-0.4, -0.2) is 48.3 Å². The van der Waals surface area contributed by atoms with E-state index in [1.807, 2.05) is 14.0 Å². The van der Waals surface area contributed by atoms with E-state index < -0.39 is 0 Å². The molecule has 1 saturated carbocycles. The zero-order valence-electron chi connectivity index (χ0n) is 19.4. The van der Waals surface area contributed by atoms with Gasteiger partial charge in [-0.15, -0.1) is 0 Å². The van der Waals surface area contributed by atoms with Crippen molar-refractivity contribution in [1.29, 1.82) is 0 Å². The normalized spacial score (nSPS) is 19.7. The molecule has 1 aliphatic carbocycles. The molecule has 1 atom stereocenters. The van der Waals surface area contributed by atoms with Gasteiger partial charge in [0.05, 0.1) is 5.56 Å². The Labute approximate surface area is 188 Å². The van der Waals surface area contributed by atoms with Crippen LogP contribution in [0.3, 0.4) is 0 Å². The van der Waals surface area contributed by atoms with Crippen LogP contribution >= 0.6 is 0 Å². The quantitative estimate of drug-likeness (QED) is 0.632. The van der Waals surface area contributed by atoms with Crippen LogP contribution in [0.5, 0.6) is 0 Å². The Morgan fingerprint density at radius 3 is 2.66 bits per heavy atom. The SMILES string of the molecule is CCn1c(-c2cnc(C)nc2)nc2c(NC3CCC(=NC)C(=C(N)C(C)C)C3)ncnc21. The Balaban J connectivity index is 1.70. The summed E-state index contributed by atoms with van der Waals surface area (Å²) in [4.78, 5) is 27.1. The second-order valence-electron chi connectivity index (χ2n) is 8.44. The molecule has 168 valence electrons. The maximum absolute atomic E-state index is 6.44. The molecule has 3 N–H and O–H groups in total. The van der Waals surface area contributed by atoms with Gasteiger partial charge in [-0.25, -0.2) is 24.9 Å². The molecule has 32 heavy (non-hydrogen) atoms. The standard InChI is InChI=1S/C23H31N9/c1-6-32-22(15-10-26-14(4)27-11-15)31-20-21(28-12-29-23(20)32)30-16-7-8-18(25-5)17(9-16)19(24)13(2)3/h10-13,16H,6-9,24H2,1-5H3,(H,28,29,30). The number of aryl methyl sites for hydroxylation is 2. The topological polar surface area (TPSA) is 120 Å². The van der Waals surface area contributed by atoms with Gasteiger partial charge in [0.2, 0.25) is 0 Å². The number of imidazole rings is 1. The van der Waals surface area contributed by atoms with Crippen molar-refractivity contribution in [2.45, 2.75) is 59.5 Å². The van der Waals surface area contributed by atoms with E-state index in [0.29, 0.717) is 0 Å². The lowest BCUT2D eigenvalue weighted by atomic mass is 9.85. The lowest BCUT2D eigenvalue weighted by molar-refractivity contribution is 0.626. The largest absolute Gasteiger partial charge is 0.402 e. The molecule has 1 aliphatic rings. The summed E-state index contributed by atoms with van der Waals surface area (Å²) in [6.07, 6.45) is 7.86. The average Bonchev–Trinajstić information content (AvgIpc) is 3.18. The minimum atomic E-state index is 0.198. The Bertz CT molecular complexity index is 1170. The molecule has 1 fully saturated rings. The van der Waals surface area contributed by atoms with Crippen molar-refractivity contribution in [1.82, 2.24) is 29.5 Å². The highest BCUT2D eigenvalue weighted by Gasteiger charge is 2.26. The lowest BCUT2D eigenvalue weighted by Gasteiger charge is -2.29. The molecular weight excluding hydrogens is 402 g/mol. The van der Waals surface area contributed by atoms with Crippen molar-refractivity contribution in [2.75, 3.05) is 12.4 Å². The summed E-state index contributed by atoms with van der Waals surface area (Å²) in [5.41, 5.74) is 12.0. The molecule has 9 nitrogen and oxygen atoms in total. The second-order valence-corrected chi connectivity index (χ2v) is 8.44. The highest BCUT2D eigenvalue weighted by atomic mass is 15.2. The first-order chi connectivity index (χ1) is 15.4. The zero-order chi connectivity index (χ0) is 22.8. The van der Waals surface area contributed by atoms with Gasteiger partial charge in [-0.1, -0.05) is 13.8 Å². The zero-order valence-corrected chi connectivity index (χ0v) is 19.4. The summed E-state index contributed by atoms with van der Waals surface area (Å²) in [5, 5.41) is 3.61. The Morgan fingerprint density at radius 1 is 1.25 bits per heavy atom. The van der Waals surface area contributed by atoms with Crippen LogP contribution in [0.1, 0.15) is 45.9 Å². The fraction of sp³-hybridized carbons (Fsp3) is 0.478. The number of nitrogens with one attached hydrogen (secondary N) is 1. The molecular formula is C23H31N9. The van der Waals surface area contributed by atoms with Crippen LogP contribution in [0, 0.1) is 12.8 Å². The third kappa shape index (κ3) is 4.06. The highest BCUT2D eigenvalue weighted by molar-refractivity contribution is 6.01. The first-order valence-electron chi connectivity index (χ1n) is 11.1. The number of fused-ring (bicyclic) bond motifs is 1. The molecule has 9 heteroatoms. The van der Waals surface area contributed by atoms with Gasteiger partial charge in [-0.2, -0.15) is 0 Å². The van der Waals surface area contributed by atoms with Crippen molar-refractivity contribution >= 4 is 22.7 Å². The van der Waals surface area contributed by atoms with Gasteiger partial charge in [0, 0.05) is 43.4 Å². The van der Waals surface area contributed by atoms with E-state index in [-0.39, 0.29) is 12.0 Å². The lowest BCUT2D eigenvalue weighted by Crippen LogP contribution is -2.31. The fourth-order valence-electron chi connectivity index (χ4n) is 4.19. The summed E-state index contributed by atoms with van der Waals surface area (Å²) < 4.78 is 2.07. The van der Waals surface area contributed by atoms with Gasteiger partial charge < -0.3 is 15.6 Å². The molecule has 0 aliphatic heterocycles. The number of aromatic nitrogens is 6. The molecule has 0 bridgehead atoms. The van der Waals surface area contributed by atoms with Crippen LogP contribution in [0.4, 0.5) is 5.82 Å². The van der Waals surface area contributed by atoms with Crippen LogP contribution in [-0.2, 0) is 6.54 Å². The molecule has 0 aromatic carbocycles. The highest BCUT2D eigenvalue weighted by Crippen LogP contribution is 2.30. The van der Waals surface area contributed by atoms with Gasteiger partial charge in [0.15, 0.2) is 17.0 Å². The summed E-state index contributed by atoms with van der Waals surface area (Å²) in [6, 6.07) is 0.198. The van der Waals surface area contributed by atoms with Gasteiger partial charge in [0.25, 0.3) is 0 Å². The number of nitrogens with two attached hydrogens (primary N) is 1. The number of hydrogen-bond donors (Lipinski definition) is 2. The van der Waals surface area contributed by atoms with E-state index in [2.05, 4.69) is 55.6 Å². The van der Waals surface area contributed by atoms with Crippen LogP contribution in [0.15, 0.2) is 35.0 Å².